The molecule has 0 spiro atoms. The number of aromatic nitrogens is 2. The fourth-order valence-electron chi connectivity index (χ4n) is 6.06. The minimum absolute atomic E-state index is 0.0518. The van der Waals surface area contributed by atoms with Gasteiger partial charge in [0.25, 0.3) is 0 Å². The van der Waals surface area contributed by atoms with Gasteiger partial charge in [0.15, 0.2) is 11.5 Å². The van der Waals surface area contributed by atoms with Gasteiger partial charge in [-0.05, 0) is 57.5 Å². The Bertz CT molecular complexity index is 1820. The lowest BCUT2D eigenvalue weighted by Gasteiger charge is -2.32. The van der Waals surface area contributed by atoms with E-state index in [9.17, 15) is 18.0 Å². The van der Waals surface area contributed by atoms with Crippen LogP contribution in [0.25, 0.3) is 0 Å². The molecule has 0 saturated carbocycles. The monoisotopic (exact) mass is 738 g/mol. The summed E-state index contributed by atoms with van der Waals surface area (Å²) >= 11 is 0. The van der Waals surface area contributed by atoms with Crippen molar-refractivity contribution in [2.75, 3.05) is 70.8 Å². The second-order valence-corrected chi connectivity index (χ2v) is 12.8. The van der Waals surface area contributed by atoms with Crippen molar-refractivity contribution in [3.8, 4) is 28.7 Å². The Morgan fingerprint density at radius 1 is 0.906 bits per heavy atom. The lowest BCUT2D eigenvalue weighted by molar-refractivity contribution is -0.274. The molecule has 12 nitrogen and oxygen atoms in total. The van der Waals surface area contributed by atoms with Crippen LogP contribution in [-0.4, -0.2) is 92.8 Å². The van der Waals surface area contributed by atoms with Gasteiger partial charge in [-0.3, -0.25) is 4.90 Å². The van der Waals surface area contributed by atoms with Gasteiger partial charge in [0.2, 0.25) is 11.7 Å². The number of benzene rings is 3. The van der Waals surface area contributed by atoms with E-state index in [2.05, 4.69) is 36.9 Å². The number of halogens is 3. The number of likely N-dealkylation sites (N-methyl/N-ethyl adjacent to an activating group) is 1. The number of amides is 1. The third-order valence-electron chi connectivity index (χ3n) is 8.64. The summed E-state index contributed by atoms with van der Waals surface area (Å²) in [6, 6.07) is 14.2. The minimum Gasteiger partial charge on any atom is -0.493 e. The van der Waals surface area contributed by atoms with Gasteiger partial charge in [-0.25, -0.2) is 9.78 Å². The predicted octanol–water partition coefficient (Wildman–Crippen LogP) is 7.28. The largest absolute Gasteiger partial charge is 0.573 e. The number of hydrogen-bond acceptors (Lipinski definition) is 11. The Kier molecular flexibility index (Phi) is 12.9. The number of carbonyl (C=O) groups is 1. The van der Waals surface area contributed by atoms with E-state index in [1.807, 2.05) is 19.1 Å². The van der Waals surface area contributed by atoms with E-state index >= 15 is 0 Å². The summed E-state index contributed by atoms with van der Waals surface area (Å²) < 4.78 is 67.5. The van der Waals surface area contributed by atoms with Crippen LogP contribution in [0.5, 0.6) is 28.7 Å². The molecule has 0 radical (unpaired) electrons. The number of rotatable bonds is 14. The zero-order valence-corrected chi connectivity index (χ0v) is 30.7. The predicted molar refractivity (Wildman–Crippen MR) is 195 cm³/mol. The molecule has 1 aliphatic rings. The average Bonchev–Trinajstić information content (AvgIpc) is 3.11. The molecule has 1 amide bonds. The smallest absolute Gasteiger partial charge is 0.493 e. The van der Waals surface area contributed by atoms with E-state index in [1.54, 1.807) is 32.0 Å². The Morgan fingerprint density at radius 2 is 1.57 bits per heavy atom. The first-order chi connectivity index (χ1) is 25.3. The molecule has 0 bridgehead atoms. The van der Waals surface area contributed by atoms with Crippen molar-refractivity contribution in [1.82, 2.24) is 19.8 Å². The van der Waals surface area contributed by atoms with Gasteiger partial charge in [0.1, 0.15) is 17.3 Å². The van der Waals surface area contributed by atoms with E-state index in [4.69, 9.17) is 18.9 Å². The van der Waals surface area contributed by atoms with Gasteiger partial charge < -0.3 is 38.8 Å². The third kappa shape index (κ3) is 10.6. The molecule has 1 aromatic heterocycles. The maximum absolute atomic E-state index is 13.9. The lowest BCUT2D eigenvalue weighted by Crippen LogP contribution is -2.44. The molecular weight excluding hydrogens is 693 g/mol. The first kappa shape index (κ1) is 38.9. The maximum atomic E-state index is 13.9. The average molecular weight is 739 g/mol. The van der Waals surface area contributed by atoms with Crippen LogP contribution < -0.4 is 33.9 Å². The van der Waals surface area contributed by atoms with E-state index in [1.165, 1.54) is 44.7 Å². The Labute approximate surface area is 307 Å². The molecule has 284 valence electrons. The Hall–Kier alpha value is -5.28. The van der Waals surface area contributed by atoms with Crippen molar-refractivity contribution < 1.29 is 41.7 Å². The van der Waals surface area contributed by atoms with Gasteiger partial charge >= 0.3 is 12.5 Å². The summed E-state index contributed by atoms with van der Waals surface area (Å²) in [5.74, 6) is 1.27. The molecule has 53 heavy (non-hydrogen) atoms. The molecule has 1 aliphatic heterocycles. The fourth-order valence-corrected chi connectivity index (χ4v) is 6.06. The molecule has 1 fully saturated rings. The van der Waals surface area contributed by atoms with E-state index < -0.39 is 18.2 Å². The van der Waals surface area contributed by atoms with Crippen molar-refractivity contribution in [2.24, 2.45) is 0 Å². The molecule has 2 heterocycles. The highest BCUT2D eigenvalue weighted by molar-refractivity contribution is 5.88. The van der Waals surface area contributed by atoms with Gasteiger partial charge in [-0.1, -0.05) is 35.9 Å². The first-order valence-electron chi connectivity index (χ1n) is 17.1. The minimum atomic E-state index is -4.95. The third-order valence-corrected chi connectivity index (χ3v) is 8.64. The van der Waals surface area contributed by atoms with Gasteiger partial charge in [0.05, 0.1) is 27.4 Å². The van der Waals surface area contributed by atoms with Gasteiger partial charge in [-0.2, -0.15) is 4.98 Å². The van der Waals surface area contributed by atoms with E-state index in [-0.39, 0.29) is 23.9 Å². The maximum Gasteiger partial charge on any atom is 0.573 e. The van der Waals surface area contributed by atoms with Crippen LogP contribution in [0.15, 0.2) is 60.8 Å². The number of piperazine rings is 1. The van der Waals surface area contributed by atoms with Crippen LogP contribution in [0.1, 0.15) is 28.7 Å². The Balaban J connectivity index is 1.39. The summed E-state index contributed by atoms with van der Waals surface area (Å²) in [7, 11) is 5.17. The molecule has 1 saturated heterocycles. The molecule has 0 aliphatic carbocycles. The van der Waals surface area contributed by atoms with Gasteiger partial charge in [0, 0.05) is 62.3 Å². The number of ether oxygens (including phenoxy) is 5. The zero-order valence-electron chi connectivity index (χ0n) is 30.7. The van der Waals surface area contributed by atoms with Crippen molar-refractivity contribution in [3.05, 3.63) is 83.0 Å². The molecule has 15 heteroatoms. The molecule has 4 aromatic rings. The van der Waals surface area contributed by atoms with Crippen LogP contribution in [-0.2, 0) is 6.54 Å². The summed E-state index contributed by atoms with van der Waals surface area (Å²) in [6.07, 6.45) is -3.58. The van der Waals surface area contributed by atoms with Crippen molar-refractivity contribution in [2.45, 2.75) is 40.1 Å². The van der Waals surface area contributed by atoms with Crippen LogP contribution >= 0.6 is 0 Å². The summed E-state index contributed by atoms with van der Waals surface area (Å²) in [4.78, 5) is 28.6. The first-order valence-corrected chi connectivity index (χ1v) is 17.1. The summed E-state index contributed by atoms with van der Waals surface area (Å²) in [5, 5.41) is 3.11. The number of hydrogen-bond donors (Lipinski definition) is 1. The molecule has 0 unspecified atom stereocenters. The van der Waals surface area contributed by atoms with Crippen LogP contribution in [0, 0.1) is 20.8 Å². The van der Waals surface area contributed by atoms with Crippen molar-refractivity contribution in [1.29, 1.82) is 0 Å². The number of aryl methyl sites for hydroxylation is 3. The highest BCUT2D eigenvalue weighted by Crippen LogP contribution is 2.41. The van der Waals surface area contributed by atoms with Crippen molar-refractivity contribution in [3.63, 3.8) is 0 Å². The molecule has 3 aromatic carbocycles. The fraction of sp³-hybridized carbons (Fsp3) is 0.395. The number of alkyl halides is 3. The van der Waals surface area contributed by atoms with Crippen LogP contribution in [0.2, 0.25) is 0 Å². The highest BCUT2D eigenvalue weighted by atomic mass is 19.4. The second kappa shape index (κ2) is 17.5. The van der Waals surface area contributed by atoms with Crippen molar-refractivity contribution >= 4 is 23.5 Å². The summed E-state index contributed by atoms with van der Waals surface area (Å²) in [6.45, 7) is 10.7. The van der Waals surface area contributed by atoms with Crippen LogP contribution in [0.4, 0.5) is 35.4 Å². The molecular formula is C38H45F3N6O6. The number of carbonyl (C=O) groups excluding carboxylic acids is 1. The second-order valence-electron chi connectivity index (χ2n) is 12.8. The summed E-state index contributed by atoms with van der Waals surface area (Å²) in [5.41, 5.74) is 2.97. The zero-order chi connectivity index (χ0) is 38.1. The van der Waals surface area contributed by atoms with Crippen LogP contribution in [0.3, 0.4) is 0 Å². The number of methoxy groups -OCH3 is 2. The number of anilines is 3. The topological polar surface area (TPSA) is 111 Å². The quantitative estimate of drug-likeness (QED) is 0.132. The highest BCUT2D eigenvalue weighted by Gasteiger charge is 2.33. The van der Waals surface area contributed by atoms with E-state index in [0.29, 0.717) is 46.4 Å². The molecule has 5 rings (SSSR count). The standard InChI is InChI=1S/C38H45F3N6O6/c1-25-20-26(2)34(27(3)21-25)52-37(48)47(24-28-10-7-8-11-30(28)53-38(39,40)41)33-12-13-42-36(44-33)43-29-22-31(49-5)35(32(23-29)50-6)51-19-9-14-46-17-15-45(4)16-18-46/h7-8,10-13,20-23H,9,14-19,24H2,1-6H3,(H,42,43,44). The SMILES string of the molecule is COc1cc(Nc2nccc(N(Cc3ccccc3OC(F)(F)F)C(=O)Oc3c(C)cc(C)cc3C)n2)cc(OC)c1OCCCN1CCN(C)CC1. The number of nitrogens with one attached hydrogen (secondary N) is 1. The van der Waals surface area contributed by atoms with Gasteiger partial charge in [-0.15, -0.1) is 13.2 Å². The van der Waals surface area contributed by atoms with E-state index in [0.717, 1.165) is 49.6 Å². The Morgan fingerprint density at radius 3 is 2.21 bits per heavy atom. The lowest BCUT2D eigenvalue weighted by atomic mass is 10.1. The number of nitrogens with zero attached hydrogens (tertiary/aromatic N) is 5. The number of para-hydroxylation sites is 1. The molecule has 0 atom stereocenters. The normalized spacial score (nSPS) is 13.7. The molecule has 1 N–H and O–H groups in total.